The van der Waals surface area contributed by atoms with Gasteiger partial charge < -0.3 is 10.0 Å². The predicted octanol–water partition coefficient (Wildman–Crippen LogP) is 1.96. The van der Waals surface area contributed by atoms with Crippen LogP contribution in [0, 0.1) is 18.8 Å². The molecule has 0 atom stereocenters. The van der Waals surface area contributed by atoms with E-state index in [0.29, 0.717) is 11.1 Å². The molecular formula is C16H19NO2. The van der Waals surface area contributed by atoms with Crippen LogP contribution in [0.3, 0.4) is 0 Å². The molecule has 1 fully saturated rings. The first kappa shape index (κ1) is 13.6. The molecule has 0 spiro atoms. The van der Waals surface area contributed by atoms with Crippen LogP contribution < -0.4 is 0 Å². The Labute approximate surface area is 114 Å². The summed E-state index contributed by atoms with van der Waals surface area (Å²) in [6.45, 7) is 3.45. The first-order valence-corrected chi connectivity index (χ1v) is 6.72. The van der Waals surface area contributed by atoms with E-state index in [4.69, 9.17) is 5.11 Å². The topological polar surface area (TPSA) is 40.5 Å². The van der Waals surface area contributed by atoms with E-state index < -0.39 is 0 Å². The summed E-state index contributed by atoms with van der Waals surface area (Å²) in [6.07, 6.45) is 3.36. The minimum atomic E-state index is -0.189. The number of likely N-dealkylation sites (tertiary alicyclic amines) is 1. The summed E-state index contributed by atoms with van der Waals surface area (Å²) in [6, 6.07) is 5.68. The largest absolute Gasteiger partial charge is 0.384 e. The van der Waals surface area contributed by atoms with Crippen molar-refractivity contribution >= 4 is 5.91 Å². The quantitative estimate of drug-likeness (QED) is 0.781. The summed E-state index contributed by atoms with van der Waals surface area (Å²) in [4.78, 5) is 14.4. The monoisotopic (exact) mass is 257 g/mol. The molecule has 100 valence electrons. The van der Waals surface area contributed by atoms with Crippen LogP contribution in [0.4, 0.5) is 0 Å². The van der Waals surface area contributed by atoms with Gasteiger partial charge in [-0.1, -0.05) is 23.5 Å². The fourth-order valence-electron chi connectivity index (χ4n) is 2.35. The van der Waals surface area contributed by atoms with Gasteiger partial charge >= 0.3 is 0 Å². The lowest BCUT2D eigenvalue weighted by Gasteiger charge is -2.27. The molecule has 0 aliphatic carbocycles. The SMILES string of the molecule is Cc1ccc(C#CCO)c(C(=O)N2CCCCC2)c1. The van der Waals surface area contributed by atoms with E-state index in [9.17, 15) is 4.79 Å². The number of hydrogen-bond donors (Lipinski definition) is 1. The first-order chi connectivity index (χ1) is 9.22. The van der Waals surface area contributed by atoms with Gasteiger partial charge in [0.25, 0.3) is 5.91 Å². The molecule has 0 radical (unpaired) electrons. The first-order valence-electron chi connectivity index (χ1n) is 6.72. The molecule has 3 nitrogen and oxygen atoms in total. The second-order valence-electron chi connectivity index (χ2n) is 4.86. The number of aliphatic hydroxyl groups excluding tert-OH is 1. The van der Waals surface area contributed by atoms with Crippen molar-refractivity contribution in [3.63, 3.8) is 0 Å². The lowest BCUT2D eigenvalue weighted by Crippen LogP contribution is -2.36. The number of benzene rings is 1. The van der Waals surface area contributed by atoms with E-state index in [0.717, 1.165) is 31.5 Å². The third kappa shape index (κ3) is 3.36. The van der Waals surface area contributed by atoms with Crippen LogP contribution in [0.2, 0.25) is 0 Å². The Bertz CT molecular complexity index is 519. The van der Waals surface area contributed by atoms with Crippen molar-refractivity contribution in [2.24, 2.45) is 0 Å². The van der Waals surface area contributed by atoms with E-state index >= 15 is 0 Å². The molecule has 1 aliphatic heterocycles. The minimum absolute atomic E-state index is 0.0608. The maximum atomic E-state index is 12.5. The zero-order chi connectivity index (χ0) is 13.7. The Morgan fingerprint density at radius 3 is 2.74 bits per heavy atom. The Morgan fingerprint density at radius 1 is 1.32 bits per heavy atom. The third-order valence-electron chi connectivity index (χ3n) is 3.35. The minimum Gasteiger partial charge on any atom is -0.384 e. The van der Waals surface area contributed by atoms with Gasteiger partial charge in [-0.05, 0) is 38.3 Å². The van der Waals surface area contributed by atoms with Gasteiger partial charge in [-0.25, -0.2) is 0 Å². The molecule has 0 unspecified atom stereocenters. The number of nitrogens with zero attached hydrogens (tertiary/aromatic N) is 1. The number of piperidine rings is 1. The van der Waals surface area contributed by atoms with E-state index in [1.54, 1.807) is 0 Å². The van der Waals surface area contributed by atoms with Crippen LogP contribution in [-0.4, -0.2) is 35.6 Å². The van der Waals surface area contributed by atoms with E-state index in [2.05, 4.69) is 11.8 Å². The van der Waals surface area contributed by atoms with Crippen LogP contribution in [0.25, 0.3) is 0 Å². The fourth-order valence-corrected chi connectivity index (χ4v) is 2.35. The van der Waals surface area contributed by atoms with Crippen LogP contribution >= 0.6 is 0 Å². The molecule has 1 aliphatic rings. The fraction of sp³-hybridized carbons (Fsp3) is 0.438. The second-order valence-corrected chi connectivity index (χ2v) is 4.86. The third-order valence-corrected chi connectivity index (χ3v) is 3.35. The van der Waals surface area contributed by atoms with Gasteiger partial charge in [-0.2, -0.15) is 0 Å². The highest BCUT2D eigenvalue weighted by atomic mass is 16.2. The summed E-state index contributed by atoms with van der Waals surface area (Å²) in [7, 11) is 0. The number of amides is 1. The van der Waals surface area contributed by atoms with Crippen molar-refractivity contribution in [3.8, 4) is 11.8 Å². The van der Waals surface area contributed by atoms with Crippen LogP contribution in [0.1, 0.15) is 40.7 Å². The summed E-state index contributed by atoms with van der Waals surface area (Å²) >= 11 is 0. The summed E-state index contributed by atoms with van der Waals surface area (Å²) in [5.41, 5.74) is 2.41. The van der Waals surface area contributed by atoms with Crippen LogP contribution in [0.15, 0.2) is 18.2 Å². The lowest BCUT2D eigenvalue weighted by molar-refractivity contribution is 0.0724. The zero-order valence-electron chi connectivity index (χ0n) is 11.3. The highest BCUT2D eigenvalue weighted by Gasteiger charge is 2.20. The standard InChI is InChI=1S/C16H19NO2/c1-13-7-8-14(6-5-11-18)15(12-13)16(19)17-9-3-2-4-10-17/h7-8,12,18H,2-4,9-11H2,1H3. The molecule has 0 bridgehead atoms. The Hall–Kier alpha value is -1.79. The molecule has 1 heterocycles. The van der Waals surface area contributed by atoms with E-state index in [-0.39, 0.29) is 12.5 Å². The van der Waals surface area contributed by atoms with Gasteiger partial charge in [0, 0.05) is 18.7 Å². The molecule has 19 heavy (non-hydrogen) atoms. The molecule has 0 saturated carbocycles. The average molecular weight is 257 g/mol. The Balaban J connectivity index is 2.30. The molecular weight excluding hydrogens is 238 g/mol. The van der Waals surface area contributed by atoms with Crippen molar-refractivity contribution < 1.29 is 9.90 Å². The molecule has 2 rings (SSSR count). The smallest absolute Gasteiger partial charge is 0.255 e. The van der Waals surface area contributed by atoms with Gasteiger partial charge in [0.15, 0.2) is 0 Å². The maximum absolute atomic E-state index is 12.5. The number of carbonyl (C=O) groups is 1. The normalized spacial score (nSPS) is 14.7. The average Bonchev–Trinajstić information content (AvgIpc) is 2.46. The van der Waals surface area contributed by atoms with Gasteiger partial charge in [0.05, 0.1) is 5.56 Å². The van der Waals surface area contributed by atoms with Crippen molar-refractivity contribution in [3.05, 3.63) is 34.9 Å². The predicted molar refractivity (Wildman–Crippen MR) is 74.9 cm³/mol. The summed E-state index contributed by atoms with van der Waals surface area (Å²) < 4.78 is 0. The number of aryl methyl sites for hydroxylation is 1. The van der Waals surface area contributed by atoms with Gasteiger partial charge in [0.1, 0.15) is 6.61 Å². The summed E-state index contributed by atoms with van der Waals surface area (Å²) in [5, 5.41) is 8.79. The number of rotatable bonds is 1. The van der Waals surface area contributed by atoms with Crippen molar-refractivity contribution in [1.29, 1.82) is 0 Å². The lowest BCUT2D eigenvalue weighted by atomic mass is 10.0. The highest BCUT2D eigenvalue weighted by Crippen LogP contribution is 2.17. The molecule has 1 aromatic carbocycles. The van der Waals surface area contributed by atoms with E-state index in [1.165, 1.54) is 6.42 Å². The van der Waals surface area contributed by atoms with Gasteiger partial charge in [-0.3, -0.25) is 4.79 Å². The second kappa shape index (κ2) is 6.40. The number of hydrogen-bond acceptors (Lipinski definition) is 2. The van der Waals surface area contributed by atoms with Crippen molar-refractivity contribution in [2.75, 3.05) is 19.7 Å². The number of aliphatic hydroxyl groups is 1. The molecule has 1 aromatic rings. The van der Waals surface area contributed by atoms with Crippen molar-refractivity contribution in [2.45, 2.75) is 26.2 Å². The molecule has 1 N–H and O–H groups in total. The van der Waals surface area contributed by atoms with E-state index in [1.807, 2.05) is 30.0 Å². The maximum Gasteiger partial charge on any atom is 0.255 e. The van der Waals surface area contributed by atoms with Crippen LogP contribution in [-0.2, 0) is 0 Å². The Kier molecular flexibility index (Phi) is 4.59. The molecule has 1 amide bonds. The summed E-state index contributed by atoms with van der Waals surface area (Å²) in [5.74, 6) is 5.54. The van der Waals surface area contributed by atoms with Crippen molar-refractivity contribution in [1.82, 2.24) is 4.90 Å². The molecule has 3 heteroatoms. The zero-order valence-corrected chi connectivity index (χ0v) is 11.3. The molecule has 0 aromatic heterocycles. The van der Waals surface area contributed by atoms with Gasteiger partial charge in [0.2, 0.25) is 0 Å². The Morgan fingerprint density at radius 2 is 2.05 bits per heavy atom. The van der Waals surface area contributed by atoms with Crippen LogP contribution in [0.5, 0.6) is 0 Å². The highest BCUT2D eigenvalue weighted by molar-refractivity contribution is 5.97. The molecule has 1 saturated heterocycles. The number of carbonyl (C=O) groups excluding carboxylic acids is 1. The van der Waals surface area contributed by atoms with Gasteiger partial charge in [-0.15, -0.1) is 0 Å².